The van der Waals surface area contributed by atoms with Crippen molar-refractivity contribution in [3.63, 3.8) is 0 Å². The number of phosphoric acid groups is 1. The van der Waals surface area contributed by atoms with Crippen LogP contribution in [0.25, 0.3) is 0 Å². The van der Waals surface area contributed by atoms with Crippen LogP contribution in [0.4, 0.5) is 0 Å². The lowest BCUT2D eigenvalue weighted by Crippen LogP contribution is -2.41. The van der Waals surface area contributed by atoms with Crippen LogP contribution >= 0.6 is 7.82 Å². The number of carbonyl (C=O) groups is 1. The van der Waals surface area contributed by atoms with Gasteiger partial charge in [0, 0.05) is 12.5 Å². The first-order chi connectivity index (χ1) is 14.3. The van der Waals surface area contributed by atoms with Gasteiger partial charge in [0.15, 0.2) is 0 Å². The van der Waals surface area contributed by atoms with Crippen LogP contribution < -0.4 is 0 Å². The molecule has 0 amide bonds. The van der Waals surface area contributed by atoms with Gasteiger partial charge in [-0.3, -0.25) is 4.52 Å². The lowest BCUT2D eigenvalue weighted by molar-refractivity contribution is -0.131. The fraction of sp³-hybridized carbons (Fsp3) is 0.421. The van der Waals surface area contributed by atoms with E-state index in [1.54, 1.807) is 12.2 Å². The van der Waals surface area contributed by atoms with E-state index in [1.165, 1.54) is 24.3 Å². The maximum absolute atomic E-state index is 11.3. The first-order valence-corrected chi connectivity index (χ1v) is 10.5. The zero-order valence-corrected chi connectivity index (χ0v) is 17.6. The summed E-state index contributed by atoms with van der Waals surface area (Å²) in [5.74, 6) is -1.35. The summed E-state index contributed by atoms with van der Waals surface area (Å²) in [6.07, 6.45) is 5.41. The molecule has 176 valence electrons. The van der Waals surface area contributed by atoms with E-state index in [9.17, 15) is 29.8 Å². The Labute approximate surface area is 179 Å². The maximum Gasteiger partial charge on any atom is 0.469 e. The van der Waals surface area contributed by atoms with Crippen LogP contribution in [-0.4, -0.2) is 83.0 Å². The zero-order valence-electron chi connectivity index (χ0n) is 16.7. The van der Waals surface area contributed by atoms with Crippen molar-refractivity contribution in [2.24, 2.45) is 0 Å². The van der Waals surface area contributed by atoms with Gasteiger partial charge in [-0.25, -0.2) is 9.36 Å². The summed E-state index contributed by atoms with van der Waals surface area (Å²) in [4.78, 5) is 28.7. The Kier molecular flexibility index (Phi) is 13.3. The van der Waals surface area contributed by atoms with Gasteiger partial charge in [-0.2, -0.15) is 0 Å². The lowest BCUT2D eigenvalue weighted by atomic mass is 9.93. The molecule has 0 saturated heterocycles. The van der Waals surface area contributed by atoms with Crippen LogP contribution in [0.2, 0.25) is 0 Å². The monoisotopic (exact) mass is 464 g/mol. The topological polar surface area (TPSA) is 205 Å². The van der Waals surface area contributed by atoms with Crippen molar-refractivity contribution in [1.82, 2.24) is 0 Å². The number of aliphatic hydroxyl groups is 5. The van der Waals surface area contributed by atoms with E-state index in [4.69, 9.17) is 20.0 Å². The summed E-state index contributed by atoms with van der Waals surface area (Å²) < 4.78 is 15.9. The van der Waals surface area contributed by atoms with Gasteiger partial charge in [-0.1, -0.05) is 48.6 Å². The van der Waals surface area contributed by atoms with E-state index in [1.807, 2.05) is 0 Å². The van der Waals surface area contributed by atoms with Gasteiger partial charge in [0.05, 0.1) is 12.7 Å². The number of carboxylic acids is 1. The van der Waals surface area contributed by atoms with E-state index in [0.29, 0.717) is 6.08 Å². The molecule has 5 atom stereocenters. The second-order valence-corrected chi connectivity index (χ2v) is 7.72. The summed E-state index contributed by atoms with van der Waals surface area (Å²) >= 11 is 0. The van der Waals surface area contributed by atoms with Crippen LogP contribution in [0.15, 0.2) is 60.8 Å². The van der Waals surface area contributed by atoms with Crippen LogP contribution in [0.5, 0.6) is 0 Å². The van der Waals surface area contributed by atoms with Crippen molar-refractivity contribution >= 4 is 13.8 Å². The molecule has 0 fully saturated rings. The van der Waals surface area contributed by atoms with Gasteiger partial charge in [0.2, 0.25) is 0 Å². The molecule has 0 aliphatic heterocycles. The molecule has 0 aliphatic carbocycles. The average Bonchev–Trinajstić information content (AvgIpc) is 2.65. The molecular weight excluding hydrogens is 435 g/mol. The molecule has 0 bridgehead atoms. The van der Waals surface area contributed by atoms with Crippen LogP contribution in [0, 0.1) is 0 Å². The Balaban J connectivity index is 5.33. The molecule has 0 rings (SSSR count). The molecule has 5 unspecified atom stereocenters. The third kappa shape index (κ3) is 14.7. The first kappa shape index (κ1) is 29.1. The minimum atomic E-state index is -5.07. The third-order valence-electron chi connectivity index (χ3n) is 3.70. The number of rotatable bonds is 14. The number of hydrogen-bond donors (Lipinski definition) is 8. The highest BCUT2D eigenvalue weighted by Crippen LogP contribution is 2.41. The Morgan fingerprint density at radius 1 is 1.03 bits per heavy atom. The molecule has 31 heavy (non-hydrogen) atoms. The van der Waals surface area contributed by atoms with Crippen molar-refractivity contribution in [2.45, 2.75) is 43.4 Å². The molecule has 8 N–H and O–H groups in total. The molecule has 0 spiro atoms. The van der Waals surface area contributed by atoms with Gasteiger partial charge in [0.1, 0.15) is 23.9 Å². The smallest absolute Gasteiger partial charge is 0.469 e. The normalized spacial score (nSPS) is 19.5. The molecule has 0 aromatic heterocycles. The fourth-order valence-corrected chi connectivity index (χ4v) is 2.75. The first-order valence-electron chi connectivity index (χ1n) is 9.00. The van der Waals surface area contributed by atoms with Crippen molar-refractivity contribution in [3.05, 3.63) is 60.8 Å². The average molecular weight is 464 g/mol. The number of phosphoric ester groups is 1. The molecule has 0 aromatic rings. The van der Waals surface area contributed by atoms with Crippen LogP contribution in [0.3, 0.4) is 0 Å². The van der Waals surface area contributed by atoms with Gasteiger partial charge in [-0.05, 0) is 13.0 Å². The third-order valence-corrected chi connectivity index (χ3v) is 4.23. The molecule has 11 nitrogen and oxygen atoms in total. The molecule has 0 aromatic carbocycles. The van der Waals surface area contributed by atoms with E-state index in [-0.39, 0.29) is 6.61 Å². The predicted molar refractivity (Wildman–Crippen MR) is 111 cm³/mol. The molecule has 0 saturated carbocycles. The minimum absolute atomic E-state index is 0.137. The van der Waals surface area contributed by atoms with E-state index in [2.05, 4.69) is 4.52 Å². The van der Waals surface area contributed by atoms with Gasteiger partial charge in [0.25, 0.3) is 0 Å². The quantitative estimate of drug-likeness (QED) is 0.0715. The largest absolute Gasteiger partial charge is 0.478 e. The highest BCUT2D eigenvalue weighted by atomic mass is 31.2. The summed E-state index contributed by atoms with van der Waals surface area (Å²) in [5, 5.41) is 57.2. The van der Waals surface area contributed by atoms with Gasteiger partial charge < -0.3 is 40.4 Å². The SMILES string of the molecule is CC(O)(/C=C/C(O)C(O)/C=C/C(=O)O)C(CC(O)/C=C/C=C/C=C/CO)OP(=O)(O)O. The highest BCUT2D eigenvalue weighted by Gasteiger charge is 2.37. The molecule has 12 heteroatoms. The Morgan fingerprint density at radius 2 is 1.61 bits per heavy atom. The number of aliphatic carboxylic acids is 1. The molecular formula is C19H29O11P. The minimum Gasteiger partial charge on any atom is -0.478 e. The van der Waals surface area contributed by atoms with Crippen molar-refractivity contribution in [1.29, 1.82) is 0 Å². The lowest BCUT2D eigenvalue weighted by Gasteiger charge is -2.31. The van der Waals surface area contributed by atoms with Crippen LogP contribution in [-0.2, 0) is 13.9 Å². The summed E-state index contributed by atoms with van der Waals surface area (Å²) in [6, 6.07) is 0. The Hall–Kier alpha value is -1.92. The maximum atomic E-state index is 11.3. The molecule has 0 heterocycles. The summed E-state index contributed by atoms with van der Waals surface area (Å²) in [7, 11) is -5.07. The second-order valence-electron chi connectivity index (χ2n) is 6.53. The Bertz CT molecular complexity index is 733. The predicted octanol–water partition coefficient (Wildman–Crippen LogP) is -0.454. The second kappa shape index (κ2) is 14.2. The molecule has 0 radical (unpaired) electrons. The molecule has 0 aliphatic rings. The van der Waals surface area contributed by atoms with Crippen LogP contribution in [0.1, 0.15) is 13.3 Å². The van der Waals surface area contributed by atoms with Crippen molar-refractivity contribution in [2.75, 3.05) is 6.61 Å². The van der Waals surface area contributed by atoms with Crippen molar-refractivity contribution in [3.8, 4) is 0 Å². The highest BCUT2D eigenvalue weighted by molar-refractivity contribution is 7.46. The Morgan fingerprint density at radius 3 is 2.16 bits per heavy atom. The van der Waals surface area contributed by atoms with Gasteiger partial charge >= 0.3 is 13.8 Å². The summed E-state index contributed by atoms with van der Waals surface area (Å²) in [6.45, 7) is 0.967. The number of carboxylic acid groups (broad SMARTS) is 1. The van der Waals surface area contributed by atoms with Gasteiger partial charge in [-0.15, -0.1) is 0 Å². The standard InChI is InChI=1S/C19H29O11P/c1-19(26,11-10-16(23)15(22)8-9-18(24)25)17(30-31(27,28)29)13-14(21)7-5-3-2-4-6-12-20/h2-11,14-17,20-23,26H,12-13H2,1H3,(H,24,25)(H2,27,28,29)/b3-2+,6-4+,7-5+,9-8+,11-10+. The number of aliphatic hydroxyl groups excluding tert-OH is 4. The van der Waals surface area contributed by atoms with E-state index < -0.39 is 50.2 Å². The van der Waals surface area contributed by atoms with E-state index in [0.717, 1.165) is 25.2 Å². The number of allylic oxidation sites excluding steroid dienone is 4. The summed E-state index contributed by atoms with van der Waals surface area (Å²) in [5.41, 5.74) is -2.10. The number of hydrogen-bond acceptors (Lipinski definition) is 8. The van der Waals surface area contributed by atoms with Crippen molar-refractivity contribution < 1.29 is 54.3 Å². The van der Waals surface area contributed by atoms with E-state index >= 15 is 0 Å². The zero-order chi connectivity index (χ0) is 24.1. The fourth-order valence-electron chi connectivity index (χ4n) is 2.12.